The molecule has 1 saturated heterocycles. The summed E-state index contributed by atoms with van der Waals surface area (Å²) in [6.45, 7) is 4.51. The molecule has 1 fully saturated rings. The summed E-state index contributed by atoms with van der Waals surface area (Å²) >= 11 is 0. The van der Waals surface area contributed by atoms with Gasteiger partial charge in [-0.15, -0.1) is 0 Å². The van der Waals surface area contributed by atoms with Gasteiger partial charge in [0.15, 0.2) is 0 Å². The van der Waals surface area contributed by atoms with Crippen molar-refractivity contribution in [2.24, 2.45) is 0 Å². The Kier molecular flexibility index (Phi) is 4.36. The largest absolute Gasteiger partial charge is 0.508 e. The highest BCUT2D eigenvalue weighted by molar-refractivity contribution is 5.25. The van der Waals surface area contributed by atoms with Crippen LogP contribution in [-0.2, 0) is 11.3 Å². The van der Waals surface area contributed by atoms with E-state index in [4.69, 9.17) is 9.84 Å². The number of ether oxygens (including phenoxy) is 1. The Morgan fingerprint density at radius 3 is 2.88 bits per heavy atom. The summed E-state index contributed by atoms with van der Waals surface area (Å²) < 4.78 is 5.66. The van der Waals surface area contributed by atoms with Crippen LogP contribution in [0.3, 0.4) is 0 Å². The van der Waals surface area contributed by atoms with Gasteiger partial charge in [-0.3, -0.25) is 0 Å². The van der Waals surface area contributed by atoms with Crippen molar-refractivity contribution in [1.29, 1.82) is 0 Å². The SMILES string of the molecule is CN1CCOC(CNCc2ccc(O)cc2)C1. The lowest BCUT2D eigenvalue weighted by molar-refractivity contribution is -0.0182. The van der Waals surface area contributed by atoms with E-state index in [0.717, 1.165) is 32.8 Å². The number of nitrogens with one attached hydrogen (secondary N) is 1. The molecule has 1 unspecified atom stereocenters. The van der Waals surface area contributed by atoms with Gasteiger partial charge in [0.05, 0.1) is 12.7 Å². The molecular formula is C13H20N2O2. The first-order valence-electron chi connectivity index (χ1n) is 6.03. The zero-order valence-corrected chi connectivity index (χ0v) is 10.2. The van der Waals surface area contributed by atoms with Gasteiger partial charge in [0, 0.05) is 26.2 Å². The van der Waals surface area contributed by atoms with E-state index in [1.54, 1.807) is 12.1 Å². The van der Waals surface area contributed by atoms with Crippen LogP contribution in [0, 0.1) is 0 Å². The van der Waals surface area contributed by atoms with Gasteiger partial charge in [0.2, 0.25) is 0 Å². The van der Waals surface area contributed by atoms with Crippen LogP contribution in [0.1, 0.15) is 5.56 Å². The second-order valence-electron chi connectivity index (χ2n) is 4.55. The second-order valence-corrected chi connectivity index (χ2v) is 4.55. The van der Waals surface area contributed by atoms with Crippen LogP contribution >= 0.6 is 0 Å². The molecule has 94 valence electrons. The molecule has 0 amide bonds. The van der Waals surface area contributed by atoms with Gasteiger partial charge in [0.1, 0.15) is 5.75 Å². The van der Waals surface area contributed by atoms with Crippen LogP contribution in [0.5, 0.6) is 5.75 Å². The first-order valence-corrected chi connectivity index (χ1v) is 6.03. The molecule has 0 radical (unpaired) electrons. The van der Waals surface area contributed by atoms with Crippen molar-refractivity contribution in [3.05, 3.63) is 29.8 Å². The summed E-state index contributed by atoms with van der Waals surface area (Å²) in [7, 11) is 2.12. The topological polar surface area (TPSA) is 44.7 Å². The summed E-state index contributed by atoms with van der Waals surface area (Å²) in [4.78, 5) is 2.29. The van der Waals surface area contributed by atoms with E-state index in [1.807, 2.05) is 12.1 Å². The second kappa shape index (κ2) is 6.00. The maximum absolute atomic E-state index is 9.17. The molecule has 0 aromatic heterocycles. The van der Waals surface area contributed by atoms with Gasteiger partial charge in [-0.2, -0.15) is 0 Å². The predicted octanol–water partition coefficient (Wildman–Crippen LogP) is 0.812. The molecule has 1 aromatic rings. The van der Waals surface area contributed by atoms with E-state index in [0.29, 0.717) is 5.75 Å². The van der Waals surface area contributed by atoms with Crippen LogP contribution in [0.15, 0.2) is 24.3 Å². The lowest BCUT2D eigenvalue weighted by Gasteiger charge is -2.30. The summed E-state index contributed by atoms with van der Waals surface area (Å²) in [5, 5.41) is 12.5. The zero-order valence-electron chi connectivity index (χ0n) is 10.2. The Balaban J connectivity index is 1.70. The molecule has 2 rings (SSSR count). The first-order chi connectivity index (χ1) is 8.24. The fraction of sp³-hybridized carbons (Fsp3) is 0.538. The minimum absolute atomic E-state index is 0.283. The number of nitrogens with zero attached hydrogens (tertiary/aromatic N) is 1. The molecule has 4 nitrogen and oxygen atoms in total. The first kappa shape index (κ1) is 12.4. The molecular weight excluding hydrogens is 216 g/mol. The van der Waals surface area contributed by atoms with Crippen LogP contribution in [-0.4, -0.2) is 49.4 Å². The highest BCUT2D eigenvalue weighted by Crippen LogP contribution is 2.09. The quantitative estimate of drug-likeness (QED) is 0.812. The molecule has 1 aliphatic rings. The number of phenols is 1. The lowest BCUT2D eigenvalue weighted by atomic mass is 10.2. The molecule has 0 bridgehead atoms. The smallest absolute Gasteiger partial charge is 0.115 e. The molecule has 1 atom stereocenters. The van der Waals surface area contributed by atoms with Crippen LogP contribution in [0.25, 0.3) is 0 Å². The standard InChI is InChI=1S/C13H20N2O2/c1-15-6-7-17-13(10-15)9-14-8-11-2-4-12(16)5-3-11/h2-5,13-14,16H,6-10H2,1H3. The number of hydrogen-bond acceptors (Lipinski definition) is 4. The molecule has 1 heterocycles. The summed E-state index contributed by atoms with van der Waals surface area (Å²) in [5.41, 5.74) is 1.17. The van der Waals surface area contributed by atoms with E-state index in [1.165, 1.54) is 5.56 Å². The van der Waals surface area contributed by atoms with E-state index >= 15 is 0 Å². The molecule has 1 aromatic carbocycles. The van der Waals surface area contributed by atoms with E-state index in [9.17, 15) is 0 Å². The monoisotopic (exact) mass is 236 g/mol. The van der Waals surface area contributed by atoms with Crippen molar-refractivity contribution in [1.82, 2.24) is 10.2 Å². The Morgan fingerprint density at radius 2 is 2.18 bits per heavy atom. The van der Waals surface area contributed by atoms with E-state index < -0.39 is 0 Å². The molecule has 2 N–H and O–H groups in total. The van der Waals surface area contributed by atoms with Gasteiger partial charge < -0.3 is 20.1 Å². The third-order valence-electron chi connectivity index (χ3n) is 2.98. The molecule has 0 spiro atoms. The van der Waals surface area contributed by atoms with Gasteiger partial charge in [0.25, 0.3) is 0 Å². The van der Waals surface area contributed by atoms with Gasteiger partial charge in [-0.25, -0.2) is 0 Å². The average molecular weight is 236 g/mol. The minimum Gasteiger partial charge on any atom is -0.508 e. The Bertz CT molecular complexity index is 340. The van der Waals surface area contributed by atoms with Crippen LogP contribution in [0.4, 0.5) is 0 Å². The Morgan fingerprint density at radius 1 is 1.41 bits per heavy atom. The molecule has 17 heavy (non-hydrogen) atoms. The number of benzene rings is 1. The van der Waals surface area contributed by atoms with E-state index in [2.05, 4.69) is 17.3 Å². The van der Waals surface area contributed by atoms with Crippen molar-refractivity contribution >= 4 is 0 Å². The number of likely N-dealkylation sites (N-methyl/N-ethyl adjacent to an activating group) is 1. The fourth-order valence-corrected chi connectivity index (χ4v) is 1.98. The Labute approximate surface area is 102 Å². The van der Waals surface area contributed by atoms with E-state index in [-0.39, 0.29) is 6.10 Å². The molecule has 1 aliphatic heterocycles. The highest BCUT2D eigenvalue weighted by atomic mass is 16.5. The van der Waals surface area contributed by atoms with Gasteiger partial charge in [-0.05, 0) is 24.7 Å². The minimum atomic E-state index is 0.283. The van der Waals surface area contributed by atoms with Crippen molar-refractivity contribution < 1.29 is 9.84 Å². The zero-order chi connectivity index (χ0) is 12.1. The molecule has 4 heteroatoms. The number of rotatable bonds is 4. The van der Waals surface area contributed by atoms with Crippen molar-refractivity contribution in [3.63, 3.8) is 0 Å². The van der Waals surface area contributed by atoms with Crippen molar-refractivity contribution in [2.75, 3.05) is 33.3 Å². The normalized spacial score (nSPS) is 21.6. The number of aromatic hydroxyl groups is 1. The van der Waals surface area contributed by atoms with Crippen molar-refractivity contribution in [3.8, 4) is 5.75 Å². The summed E-state index contributed by atoms with van der Waals surface area (Å²) in [6, 6.07) is 7.27. The maximum atomic E-state index is 9.17. The van der Waals surface area contributed by atoms with Gasteiger partial charge in [-0.1, -0.05) is 12.1 Å². The van der Waals surface area contributed by atoms with Crippen LogP contribution < -0.4 is 5.32 Å². The maximum Gasteiger partial charge on any atom is 0.115 e. The lowest BCUT2D eigenvalue weighted by Crippen LogP contribution is -2.44. The third-order valence-corrected chi connectivity index (χ3v) is 2.98. The highest BCUT2D eigenvalue weighted by Gasteiger charge is 2.16. The number of phenolic OH excluding ortho intramolecular Hbond substituents is 1. The van der Waals surface area contributed by atoms with Crippen LogP contribution in [0.2, 0.25) is 0 Å². The third kappa shape index (κ3) is 4.00. The molecule has 0 aliphatic carbocycles. The predicted molar refractivity (Wildman–Crippen MR) is 67.1 cm³/mol. The molecule has 0 saturated carbocycles. The fourth-order valence-electron chi connectivity index (χ4n) is 1.98. The summed E-state index contributed by atoms with van der Waals surface area (Å²) in [6.07, 6.45) is 0.283. The Hall–Kier alpha value is -1.10. The van der Waals surface area contributed by atoms with Crippen molar-refractivity contribution in [2.45, 2.75) is 12.6 Å². The summed E-state index contributed by atoms with van der Waals surface area (Å²) in [5.74, 6) is 0.311. The number of hydrogen-bond donors (Lipinski definition) is 2. The number of morpholine rings is 1. The van der Waals surface area contributed by atoms with Gasteiger partial charge >= 0.3 is 0 Å². The average Bonchev–Trinajstić information content (AvgIpc) is 2.32.